The van der Waals surface area contributed by atoms with Crippen molar-refractivity contribution in [2.75, 3.05) is 17.2 Å². The molecule has 0 radical (unpaired) electrons. The Bertz CT molecular complexity index is 648. The fourth-order valence-electron chi connectivity index (χ4n) is 2.20. The van der Waals surface area contributed by atoms with Crippen LogP contribution in [0, 0.1) is 13.8 Å². The van der Waals surface area contributed by atoms with Gasteiger partial charge < -0.3 is 10.6 Å². The van der Waals surface area contributed by atoms with E-state index in [1.54, 1.807) is 0 Å². The number of benzene rings is 2. The lowest BCUT2D eigenvalue weighted by Gasteiger charge is -2.12. The second kappa shape index (κ2) is 6.76. The molecule has 2 rings (SSSR count). The van der Waals surface area contributed by atoms with Crippen LogP contribution in [0.25, 0.3) is 0 Å². The molecule has 1 amide bonds. The summed E-state index contributed by atoms with van der Waals surface area (Å²) in [6, 6.07) is 11.6. The number of hydrogen-bond acceptors (Lipinski definition) is 2. The van der Waals surface area contributed by atoms with Crippen LogP contribution in [0.2, 0.25) is 0 Å². The van der Waals surface area contributed by atoms with Crippen molar-refractivity contribution in [1.82, 2.24) is 0 Å². The second-order valence-electron chi connectivity index (χ2n) is 5.05. The Kier molecular flexibility index (Phi) is 5.02. The SMILES string of the molecule is CCNc1cc(C)ccc1C(=O)Nc1cc(C)cc(Br)c1. The lowest BCUT2D eigenvalue weighted by atomic mass is 10.1. The first-order chi connectivity index (χ1) is 9.99. The minimum atomic E-state index is -0.108. The number of anilines is 2. The number of halogens is 1. The Morgan fingerprint density at radius 1 is 1.10 bits per heavy atom. The lowest BCUT2D eigenvalue weighted by Crippen LogP contribution is -2.15. The molecular weight excluding hydrogens is 328 g/mol. The van der Waals surface area contributed by atoms with E-state index >= 15 is 0 Å². The maximum Gasteiger partial charge on any atom is 0.257 e. The first kappa shape index (κ1) is 15.6. The van der Waals surface area contributed by atoms with Gasteiger partial charge in [0.15, 0.2) is 0 Å². The molecule has 0 aliphatic heterocycles. The van der Waals surface area contributed by atoms with E-state index in [4.69, 9.17) is 0 Å². The molecule has 21 heavy (non-hydrogen) atoms. The van der Waals surface area contributed by atoms with Crippen LogP contribution in [-0.4, -0.2) is 12.5 Å². The van der Waals surface area contributed by atoms with Gasteiger partial charge in [-0.2, -0.15) is 0 Å². The topological polar surface area (TPSA) is 41.1 Å². The van der Waals surface area contributed by atoms with Crippen LogP contribution in [0.1, 0.15) is 28.4 Å². The quantitative estimate of drug-likeness (QED) is 0.838. The molecule has 0 atom stereocenters. The summed E-state index contributed by atoms with van der Waals surface area (Å²) in [6.45, 7) is 6.80. The van der Waals surface area contributed by atoms with Gasteiger partial charge in [-0.1, -0.05) is 22.0 Å². The van der Waals surface area contributed by atoms with E-state index in [0.717, 1.165) is 33.5 Å². The van der Waals surface area contributed by atoms with E-state index < -0.39 is 0 Å². The Balaban J connectivity index is 2.27. The largest absolute Gasteiger partial charge is 0.385 e. The third-order valence-corrected chi connectivity index (χ3v) is 3.54. The molecule has 0 heterocycles. The molecule has 0 aliphatic carbocycles. The fraction of sp³-hybridized carbons (Fsp3) is 0.235. The summed E-state index contributed by atoms with van der Waals surface area (Å²) in [4.78, 5) is 12.5. The predicted octanol–water partition coefficient (Wildman–Crippen LogP) is 4.75. The Morgan fingerprint density at radius 2 is 1.86 bits per heavy atom. The van der Waals surface area contributed by atoms with Gasteiger partial charge in [0.05, 0.1) is 5.56 Å². The first-order valence-corrected chi connectivity index (χ1v) is 7.72. The summed E-state index contributed by atoms with van der Waals surface area (Å²) in [6.07, 6.45) is 0. The third-order valence-electron chi connectivity index (χ3n) is 3.09. The standard InChI is InChI=1S/C17H19BrN2O/c1-4-19-16-9-11(2)5-6-15(16)17(21)20-14-8-12(3)7-13(18)10-14/h5-10,19H,4H2,1-3H3,(H,20,21). The molecule has 2 aromatic rings. The van der Waals surface area contributed by atoms with Crippen molar-refractivity contribution in [1.29, 1.82) is 0 Å². The number of aryl methyl sites for hydroxylation is 2. The minimum absolute atomic E-state index is 0.108. The van der Waals surface area contributed by atoms with Gasteiger partial charge in [0.2, 0.25) is 0 Å². The van der Waals surface area contributed by atoms with Crippen LogP contribution in [0.3, 0.4) is 0 Å². The van der Waals surface area contributed by atoms with Gasteiger partial charge in [-0.3, -0.25) is 4.79 Å². The highest BCUT2D eigenvalue weighted by Crippen LogP contribution is 2.22. The zero-order chi connectivity index (χ0) is 15.4. The Labute approximate surface area is 133 Å². The maximum atomic E-state index is 12.5. The van der Waals surface area contributed by atoms with E-state index in [1.807, 2.05) is 57.2 Å². The van der Waals surface area contributed by atoms with Gasteiger partial charge >= 0.3 is 0 Å². The van der Waals surface area contributed by atoms with E-state index in [1.165, 1.54) is 0 Å². The average Bonchev–Trinajstić information content (AvgIpc) is 2.37. The molecule has 0 spiro atoms. The Morgan fingerprint density at radius 3 is 2.52 bits per heavy atom. The van der Waals surface area contributed by atoms with Crippen molar-refractivity contribution in [3.05, 3.63) is 57.6 Å². The number of carbonyl (C=O) groups is 1. The van der Waals surface area contributed by atoms with E-state index in [9.17, 15) is 4.79 Å². The van der Waals surface area contributed by atoms with Gasteiger partial charge in [0.25, 0.3) is 5.91 Å². The van der Waals surface area contributed by atoms with Crippen molar-refractivity contribution in [3.63, 3.8) is 0 Å². The highest BCUT2D eigenvalue weighted by atomic mass is 79.9. The van der Waals surface area contributed by atoms with Crippen LogP contribution in [-0.2, 0) is 0 Å². The first-order valence-electron chi connectivity index (χ1n) is 6.92. The van der Waals surface area contributed by atoms with Crippen LogP contribution < -0.4 is 10.6 Å². The van der Waals surface area contributed by atoms with Crippen molar-refractivity contribution < 1.29 is 4.79 Å². The molecule has 110 valence electrons. The number of carbonyl (C=O) groups excluding carboxylic acids is 1. The van der Waals surface area contributed by atoms with E-state index in [-0.39, 0.29) is 5.91 Å². The molecule has 3 nitrogen and oxygen atoms in total. The van der Waals surface area contributed by atoms with E-state index in [0.29, 0.717) is 5.56 Å². The smallest absolute Gasteiger partial charge is 0.257 e. The molecule has 2 N–H and O–H groups in total. The lowest BCUT2D eigenvalue weighted by molar-refractivity contribution is 0.102. The summed E-state index contributed by atoms with van der Waals surface area (Å²) in [5.41, 5.74) is 4.52. The molecule has 4 heteroatoms. The molecule has 0 saturated carbocycles. The van der Waals surface area contributed by atoms with Gasteiger partial charge in [-0.15, -0.1) is 0 Å². The summed E-state index contributed by atoms with van der Waals surface area (Å²) in [5.74, 6) is -0.108. The summed E-state index contributed by atoms with van der Waals surface area (Å²) in [5, 5.41) is 6.19. The highest BCUT2D eigenvalue weighted by Gasteiger charge is 2.12. The van der Waals surface area contributed by atoms with Crippen LogP contribution in [0.15, 0.2) is 40.9 Å². The highest BCUT2D eigenvalue weighted by molar-refractivity contribution is 9.10. The van der Waals surface area contributed by atoms with Crippen molar-refractivity contribution >= 4 is 33.2 Å². The van der Waals surface area contributed by atoms with Crippen molar-refractivity contribution in [2.24, 2.45) is 0 Å². The van der Waals surface area contributed by atoms with Gasteiger partial charge in [0.1, 0.15) is 0 Å². The molecule has 0 unspecified atom stereocenters. The monoisotopic (exact) mass is 346 g/mol. The molecule has 0 aliphatic rings. The Hall–Kier alpha value is -1.81. The number of amides is 1. The molecular formula is C17H19BrN2O. The number of nitrogens with one attached hydrogen (secondary N) is 2. The van der Waals surface area contributed by atoms with Gasteiger partial charge in [-0.25, -0.2) is 0 Å². The molecule has 2 aromatic carbocycles. The van der Waals surface area contributed by atoms with Gasteiger partial charge in [-0.05, 0) is 62.2 Å². The van der Waals surface area contributed by atoms with E-state index in [2.05, 4.69) is 26.6 Å². The second-order valence-corrected chi connectivity index (χ2v) is 5.97. The van der Waals surface area contributed by atoms with Crippen molar-refractivity contribution in [2.45, 2.75) is 20.8 Å². The van der Waals surface area contributed by atoms with Crippen LogP contribution in [0.5, 0.6) is 0 Å². The minimum Gasteiger partial charge on any atom is -0.385 e. The molecule has 0 saturated heterocycles. The average molecular weight is 347 g/mol. The van der Waals surface area contributed by atoms with Crippen LogP contribution in [0.4, 0.5) is 11.4 Å². The normalized spacial score (nSPS) is 10.3. The predicted molar refractivity (Wildman–Crippen MR) is 92.2 cm³/mol. The summed E-state index contributed by atoms with van der Waals surface area (Å²) >= 11 is 3.44. The van der Waals surface area contributed by atoms with Gasteiger partial charge in [0, 0.05) is 22.4 Å². The zero-order valence-electron chi connectivity index (χ0n) is 12.5. The molecule has 0 aromatic heterocycles. The summed E-state index contributed by atoms with van der Waals surface area (Å²) in [7, 11) is 0. The number of rotatable bonds is 4. The zero-order valence-corrected chi connectivity index (χ0v) is 14.0. The fourth-order valence-corrected chi connectivity index (χ4v) is 2.81. The van der Waals surface area contributed by atoms with Crippen LogP contribution >= 0.6 is 15.9 Å². The third kappa shape index (κ3) is 4.08. The summed E-state index contributed by atoms with van der Waals surface area (Å²) < 4.78 is 0.952. The molecule has 0 bridgehead atoms. The van der Waals surface area contributed by atoms with Crippen molar-refractivity contribution in [3.8, 4) is 0 Å². The number of hydrogen-bond donors (Lipinski definition) is 2. The molecule has 0 fully saturated rings. The maximum absolute atomic E-state index is 12.5.